The maximum absolute atomic E-state index is 13.5. The number of hydrogen-bond acceptors (Lipinski definition) is 4. The Bertz CT molecular complexity index is 375. The fourth-order valence-corrected chi connectivity index (χ4v) is 2.42. The first-order valence-electron chi connectivity index (χ1n) is 6.30. The largest absolute Gasteiger partial charge is 0.384 e. The molecule has 1 aromatic rings. The maximum Gasteiger partial charge on any atom is 0.165 e. The molecule has 18 heavy (non-hydrogen) atoms. The molecule has 2 N–H and O–H groups in total. The second-order valence-electron chi connectivity index (χ2n) is 4.87. The van der Waals surface area contributed by atoms with Crippen LogP contribution >= 0.6 is 0 Å². The first-order valence-corrected chi connectivity index (χ1v) is 6.30. The van der Waals surface area contributed by atoms with E-state index in [1.54, 1.807) is 19.4 Å². The van der Waals surface area contributed by atoms with E-state index in [1.165, 1.54) is 6.07 Å². The molecule has 0 unspecified atom stereocenters. The zero-order chi connectivity index (χ0) is 12.8. The van der Waals surface area contributed by atoms with Crippen LogP contribution in [0.3, 0.4) is 0 Å². The van der Waals surface area contributed by atoms with Crippen LogP contribution in [0.15, 0.2) is 18.3 Å². The summed E-state index contributed by atoms with van der Waals surface area (Å²) in [5, 5.41) is 6.45. The molecule has 4 nitrogen and oxygen atoms in total. The van der Waals surface area contributed by atoms with Crippen LogP contribution in [0.2, 0.25) is 0 Å². The number of methoxy groups -OCH3 is 1. The Balaban J connectivity index is 1.99. The normalized spacial score (nSPS) is 18.6. The molecule has 0 radical (unpaired) electrons. The van der Waals surface area contributed by atoms with Crippen LogP contribution in [0.4, 0.5) is 10.2 Å². The van der Waals surface area contributed by atoms with Gasteiger partial charge in [-0.2, -0.15) is 0 Å². The SMILES string of the molecule is COCC1(CNc2ncccc2F)CCNCC1. The number of piperidine rings is 1. The smallest absolute Gasteiger partial charge is 0.165 e. The number of pyridine rings is 1. The number of ether oxygens (including phenoxy) is 1. The topological polar surface area (TPSA) is 46.2 Å². The van der Waals surface area contributed by atoms with Crippen molar-refractivity contribution in [2.75, 3.05) is 38.7 Å². The summed E-state index contributed by atoms with van der Waals surface area (Å²) in [6.45, 7) is 3.35. The lowest BCUT2D eigenvalue weighted by Gasteiger charge is -2.37. The quantitative estimate of drug-likeness (QED) is 0.837. The predicted molar refractivity (Wildman–Crippen MR) is 69.1 cm³/mol. The number of nitrogens with zero attached hydrogens (tertiary/aromatic N) is 1. The van der Waals surface area contributed by atoms with Crippen LogP contribution in [0.1, 0.15) is 12.8 Å². The van der Waals surface area contributed by atoms with Crippen LogP contribution in [0.5, 0.6) is 0 Å². The molecule has 1 aliphatic rings. The lowest BCUT2D eigenvalue weighted by Crippen LogP contribution is -2.44. The lowest BCUT2D eigenvalue weighted by atomic mass is 9.79. The van der Waals surface area contributed by atoms with E-state index in [1.807, 2.05) is 0 Å². The standard InChI is InChI=1S/C13H20FN3O/c1-18-10-13(4-7-15-8-5-13)9-17-12-11(14)3-2-6-16-12/h2-3,6,15H,4-5,7-10H2,1H3,(H,16,17). The van der Waals surface area contributed by atoms with Gasteiger partial charge in [-0.05, 0) is 38.1 Å². The molecular weight excluding hydrogens is 233 g/mol. The Hall–Kier alpha value is -1.20. The number of halogens is 1. The minimum absolute atomic E-state index is 0.0734. The highest BCUT2D eigenvalue weighted by atomic mass is 19.1. The van der Waals surface area contributed by atoms with Crippen molar-refractivity contribution >= 4 is 5.82 Å². The molecule has 100 valence electrons. The summed E-state index contributed by atoms with van der Waals surface area (Å²) in [6.07, 6.45) is 3.65. The molecule has 1 aromatic heterocycles. The molecular formula is C13H20FN3O. The van der Waals surface area contributed by atoms with Gasteiger partial charge in [0.15, 0.2) is 11.6 Å². The Labute approximate surface area is 107 Å². The van der Waals surface area contributed by atoms with Crippen molar-refractivity contribution in [1.29, 1.82) is 0 Å². The molecule has 1 aliphatic heterocycles. The number of nitrogens with one attached hydrogen (secondary N) is 2. The fourth-order valence-electron chi connectivity index (χ4n) is 2.42. The molecule has 1 saturated heterocycles. The number of rotatable bonds is 5. The van der Waals surface area contributed by atoms with Gasteiger partial charge in [-0.15, -0.1) is 0 Å². The predicted octanol–water partition coefficient (Wildman–Crippen LogP) is 1.65. The monoisotopic (exact) mass is 253 g/mol. The van der Waals surface area contributed by atoms with Crippen molar-refractivity contribution in [2.24, 2.45) is 5.41 Å². The van der Waals surface area contributed by atoms with Gasteiger partial charge in [-0.1, -0.05) is 0 Å². The third kappa shape index (κ3) is 3.17. The average Bonchev–Trinajstić information content (AvgIpc) is 2.39. The van der Waals surface area contributed by atoms with E-state index in [0.29, 0.717) is 19.0 Å². The van der Waals surface area contributed by atoms with Gasteiger partial charge in [0.25, 0.3) is 0 Å². The van der Waals surface area contributed by atoms with E-state index in [4.69, 9.17) is 4.74 Å². The minimum Gasteiger partial charge on any atom is -0.384 e. The Morgan fingerprint density at radius 1 is 1.50 bits per heavy atom. The minimum atomic E-state index is -0.306. The average molecular weight is 253 g/mol. The van der Waals surface area contributed by atoms with Crippen molar-refractivity contribution in [3.05, 3.63) is 24.1 Å². The van der Waals surface area contributed by atoms with Gasteiger partial charge in [-0.3, -0.25) is 0 Å². The summed E-state index contributed by atoms with van der Waals surface area (Å²) in [4.78, 5) is 4.01. The molecule has 2 heterocycles. The molecule has 0 aliphatic carbocycles. The van der Waals surface area contributed by atoms with Gasteiger partial charge in [0, 0.05) is 25.3 Å². The summed E-state index contributed by atoms with van der Waals surface area (Å²) >= 11 is 0. The van der Waals surface area contributed by atoms with Crippen molar-refractivity contribution in [1.82, 2.24) is 10.3 Å². The van der Waals surface area contributed by atoms with E-state index >= 15 is 0 Å². The molecule has 0 bridgehead atoms. The highest BCUT2D eigenvalue weighted by molar-refractivity contribution is 5.35. The second-order valence-corrected chi connectivity index (χ2v) is 4.87. The van der Waals surface area contributed by atoms with Crippen molar-refractivity contribution < 1.29 is 9.13 Å². The zero-order valence-electron chi connectivity index (χ0n) is 10.7. The van der Waals surface area contributed by atoms with Crippen LogP contribution in [0, 0.1) is 11.2 Å². The van der Waals surface area contributed by atoms with Gasteiger partial charge in [0.2, 0.25) is 0 Å². The van der Waals surface area contributed by atoms with E-state index in [-0.39, 0.29) is 11.2 Å². The molecule has 0 atom stereocenters. The molecule has 1 fully saturated rings. The summed E-state index contributed by atoms with van der Waals surface area (Å²) in [7, 11) is 1.71. The summed E-state index contributed by atoms with van der Waals surface area (Å²) in [5.41, 5.74) is 0.0734. The first kappa shape index (κ1) is 13.2. The highest BCUT2D eigenvalue weighted by Crippen LogP contribution is 2.29. The molecule has 0 saturated carbocycles. The molecule has 2 rings (SSSR count). The molecule has 5 heteroatoms. The fraction of sp³-hybridized carbons (Fsp3) is 0.615. The Kier molecular flexibility index (Phi) is 4.49. The van der Waals surface area contributed by atoms with E-state index < -0.39 is 0 Å². The van der Waals surface area contributed by atoms with E-state index in [2.05, 4.69) is 15.6 Å². The highest BCUT2D eigenvalue weighted by Gasteiger charge is 2.32. The lowest BCUT2D eigenvalue weighted by molar-refractivity contribution is 0.0634. The number of aromatic nitrogens is 1. The Morgan fingerprint density at radius 2 is 2.28 bits per heavy atom. The number of hydrogen-bond donors (Lipinski definition) is 2. The van der Waals surface area contributed by atoms with Crippen molar-refractivity contribution in [3.63, 3.8) is 0 Å². The van der Waals surface area contributed by atoms with E-state index in [0.717, 1.165) is 25.9 Å². The summed E-state index contributed by atoms with van der Waals surface area (Å²) in [6, 6.07) is 3.01. The summed E-state index contributed by atoms with van der Waals surface area (Å²) in [5.74, 6) is 0.0190. The van der Waals surface area contributed by atoms with Crippen LogP contribution in [0.25, 0.3) is 0 Å². The second kappa shape index (κ2) is 6.11. The maximum atomic E-state index is 13.5. The van der Waals surface area contributed by atoms with Crippen LogP contribution < -0.4 is 10.6 Å². The third-order valence-electron chi connectivity index (χ3n) is 3.50. The van der Waals surface area contributed by atoms with Crippen molar-refractivity contribution in [3.8, 4) is 0 Å². The summed E-state index contributed by atoms with van der Waals surface area (Å²) < 4.78 is 18.8. The first-order chi connectivity index (χ1) is 8.76. The zero-order valence-corrected chi connectivity index (χ0v) is 10.7. The number of anilines is 1. The van der Waals surface area contributed by atoms with Crippen molar-refractivity contribution in [2.45, 2.75) is 12.8 Å². The van der Waals surface area contributed by atoms with Gasteiger partial charge in [0.1, 0.15) is 0 Å². The van der Waals surface area contributed by atoms with Crippen LogP contribution in [-0.4, -0.2) is 38.3 Å². The molecule has 0 spiro atoms. The van der Waals surface area contributed by atoms with Gasteiger partial charge >= 0.3 is 0 Å². The van der Waals surface area contributed by atoms with Gasteiger partial charge in [0.05, 0.1) is 6.61 Å². The Morgan fingerprint density at radius 3 is 2.94 bits per heavy atom. The third-order valence-corrected chi connectivity index (χ3v) is 3.50. The molecule has 0 aromatic carbocycles. The van der Waals surface area contributed by atoms with Gasteiger partial charge < -0.3 is 15.4 Å². The van der Waals surface area contributed by atoms with Gasteiger partial charge in [-0.25, -0.2) is 9.37 Å². The van der Waals surface area contributed by atoms with Crippen LogP contribution in [-0.2, 0) is 4.74 Å². The van der Waals surface area contributed by atoms with E-state index in [9.17, 15) is 4.39 Å². The molecule has 0 amide bonds.